The number of nitrogens with two attached hydrogens (primary N) is 1. The van der Waals surface area contributed by atoms with E-state index in [-0.39, 0.29) is 41.8 Å². The highest BCUT2D eigenvalue weighted by atomic mass is 35.5. The molecule has 0 aromatic heterocycles. The number of hydrogen-bond donors (Lipinski definition) is 1. The van der Waals surface area contributed by atoms with Crippen molar-refractivity contribution in [1.82, 2.24) is 4.90 Å². The van der Waals surface area contributed by atoms with Crippen molar-refractivity contribution in [1.29, 1.82) is 0 Å². The summed E-state index contributed by atoms with van der Waals surface area (Å²) < 4.78 is 18.5. The largest absolute Gasteiger partial charge is 0.482 e. The van der Waals surface area contributed by atoms with Crippen LogP contribution in [0.5, 0.6) is 5.75 Å². The SMILES string of the molecule is Cl.NC[C@@H]1CN(C(=O)COc2ccc(F)cc2Cl)C[C@H]1c1ccccc1. The van der Waals surface area contributed by atoms with Crippen molar-refractivity contribution < 1.29 is 13.9 Å². The van der Waals surface area contributed by atoms with Crippen LogP contribution in [0.3, 0.4) is 0 Å². The van der Waals surface area contributed by atoms with Crippen molar-refractivity contribution >= 4 is 29.9 Å². The average Bonchev–Trinajstić information content (AvgIpc) is 3.06. The van der Waals surface area contributed by atoms with E-state index in [1.54, 1.807) is 4.90 Å². The fourth-order valence-electron chi connectivity index (χ4n) is 3.21. The first-order valence-corrected chi connectivity index (χ1v) is 8.57. The molecular formula is C19H21Cl2FN2O2. The summed E-state index contributed by atoms with van der Waals surface area (Å²) in [5.41, 5.74) is 7.09. The first kappa shape index (κ1) is 20.5. The molecule has 1 aliphatic heterocycles. The number of ether oxygens (including phenoxy) is 1. The van der Waals surface area contributed by atoms with E-state index >= 15 is 0 Å². The Hall–Kier alpha value is -1.82. The lowest BCUT2D eigenvalue weighted by Gasteiger charge is -2.17. The number of carbonyl (C=O) groups is 1. The van der Waals surface area contributed by atoms with Crippen molar-refractivity contribution in [3.8, 4) is 5.75 Å². The lowest BCUT2D eigenvalue weighted by molar-refractivity contribution is -0.132. The van der Waals surface area contributed by atoms with Crippen LogP contribution in [0.4, 0.5) is 4.39 Å². The van der Waals surface area contributed by atoms with Gasteiger partial charge in [0.05, 0.1) is 5.02 Å². The van der Waals surface area contributed by atoms with E-state index in [4.69, 9.17) is 22.1 Å². The third kappa shape index (κ3) is 4.67. The van der Waals surface area contributed by atoms with E-state index in [0.717, 1.165) is 6.07 Å². The Morgan fingerprint density at radius 3 is 2.62 bits per heavy atom. The van der Waals surface area contributed by atoms with Gasteiger partial charge in [-0.2, -0.15) is 0 Å². The molecule has 1 fully saturated rings. The number of hydrogen-bond acceptors (Lipinski definition) is 3. The summed E-state index contributed by atoms with van der Waals surface area (Å²) >= 11 is 5.92. The molecule has 2 aromatic rings. The predicted molar refractivity (Wildman–Crippen MR) is 102 cm³/mol. The number of rotatable bonds is 5. The van der Waals surface area contributed by atoms with Gasteiger partial charge in [0.1, 0.15) is 11.6 Å². The summed E-state index contributed by atoms with van der Waals surface area (Å²) in [4.78, 5) is 14.2. The lowest BCUT2D eigenvalue weighted by atomic mass is 9.89. The Labute approximate surface area is 163 Å². The molecule has 26 heavy (non-hydrogen) atoms. The highest BCUT2D eigenvalue weighted by molar-refractivity contribution is 6.32. The number of benzene rings is 2. The highest BCUT2D eigenvalue weighted by Gasteiger charge is 2.35. The van der Waals surface area contributed by atoms with Gasteiger partial charge in [-0.15, -0.1) is 12.4 Å². The fourth-order valence-corrected chi connectivity index (χ4v) is 3.44. The number of likely N-dealkylation sites (tertiary alicyclic amines) is 1. The Morgan fingerprint density at radius 1 is 1.23 bits per heavy atom. The molecule has 0 unspecified atom stereocenters. The van der Waals surface area contributed by atoms with Crippen LogP contribution in [0.1, 0.15) is 11.5 Å². The Balaban J connectivity index is 0.00000243. The molecule has 0 aliphatic carbocycles. The molecule has 1 heterocycles. The van der Waals surface area contributed by atoms with E-state index < -0.39 is 5.82 Å². The third-order valence-electron chi connectivity index (χ3n) is 4.57. The maximum atomic E-state index is 13.1. The predicted octanol–water partition coefficient (Wildman–Crippen LogP) is 3.48. The summed E-state index contributed by atoms with van der Waals surface area (Å²) in [6.07, 6.45) is 0. The van der Waals surface area contributed by atoms with Crippen LogP contribution in [0.25, 0.3) is 0 Å². The summed E-state index contributed by atoms with van der Waals surface area (Å²) in [6.45, 7) is 1.61. The van der Waals surface area contributed by atoms with Gasteiger partial charge in [0.15, 0.2) is 6.61 Å². The molecule has 2 atom stereocenters. The van der Waals surface area contributed by atoms with E-state index in [2.05, 4.69) is 12.1 Å². The molecular weight excluding hydrogens is 378 g/mol. The highest BCUT2D eigenvalue weighted by Crippen LogP contribution is 2.32. The molecule has 140 valence electrons. The van der Waals surface area contributed by atoms with E-state index in [9.17, 15) is 9.18 Å². The van der Waals surface area contributed by atoms with E-state index in [0.29, 0.717) is 25.4 Å². The normalized spacial score (nSPS) is 19.1. The molecule has 0 saturated carbocycles. The van der Waals surface area contributed by atoms with Gasteiger partial charge >= 0.3 is 0 Å². The second-order valence-electron chi connectivity index (χ2n) is 6.18. The molecule has 7 heteroatoms. The molecule has 1 amide bonds. The van der Waals surface area contributed by atoms with Crippen LogP contribution in [0.2, 0.25) is 5.02 Å². The fraction of sp³-hybridized carbons (Fsp3) is 0.316. The molecule has 0 spiro atoms. The number of nitrogens with zero attached hydrogens (tertiary/aromatic N) is 1. The van der Waals surface area contributed by atoms with Gasteiger partial charge in [0, 0.05) is 19.0 Å². The van der Waals surface area contributed by atoms with Crippen LogP contribution in [0.15, 0.2) is 48.5 Å². The molecule has 0 bridgehead atoms. The topological polar surface area (TPSA) is 55.6 Å². The molecule has 0 radical (unpaired) electrons. The average molecular weight is 399 g/mol. The van der Waals surface area contributed by atoms with Crippen LogP contribution >= 0.6 is 24.0 Å². The maximum absolute atomic E-state index is 13.1. The molecule has 1 aliphatic rings. The summed E-state index contributed by atoms with van der Waals surface area (Å²) in [6, 6.07) is 13.9. The van der Waals surface area contributed by atoms with Gasteiger partial charge in [-0.1, -0.05) is 41.9 Å². The van der Waals surface area contributed by atoms with Gasteiger partial charge in [-0.25, -0.2) is 4.39 Å². The minimum atomic E-state index is -0.445. The summed E-state index contributed by atoms with van der Waals surface area (Å²) in [5, 5.41) is 0.149. The summed E-state index contributed by atoms with van der Waals surface area (Å²) in [7, 11) is 0. The minimum Gasteiger partial charge on any atom is -0.482 e. The van der Waals surface area contributed by atoms with Gasteiger partial charge in [-0.05, 0) is 36.2 Å². The van der Waals surface area contributed by atoms with Crippen LogP contribution in [-0.4, -0.2) is 37.0 Å². The smallest absolute Gasteiger partial charge is 0.260 e. The second kappa shape index (κ2) is 9.21. The first-order valence-electron chi connectivity index (χ1n) is 8.19. The van der Waals surface area contributed by atoms with Gasteiger partial charge in [-0.3, -0.25) is 4.79 Å². The van der Waals surface area contributed by atoms with Gasteiger partial charge in [0.2, 0.25) is 0 Å². The van der Waals surface area contributed by atoms with Crippen molar-refractivity contribution in [3.05, 3.63) is 64.9 Å². The number of halogens is 3. The zero-order valence-electron chi connectivity index (χ0n) is 14.1. The monoisotopic (exact) mass is 398 g/mol. The Kier molecular flexibility index (Phi) is 7.26. The number of carbonyl (C=O) groups excluding carboxylic acids is 1. The van der Waals surface area contributed by atoms with Crippen molar-refractivity contribution in [2.75, 3.05) is 26.2 Å². The minimum absolute atomic E-state index is 0. The molecule has 4 nitrogen and oxygen atoms in total. The van der Waals surface area contributed by atoms with Crippen LogP contribution in [-0.2, 0) is 4.79 Å². The zero-order valence-corrected chi connectivity index (χ0v) is 15.7. The molecule has 2 aromatic carbocycles. The zero-order chi connectivity index (χ0) is 17.8. The third-order valence-corrected chi connectivity index (χ3v) is 4.86. The van der Waals surface area contributed by atoms with Gasteiger partial charge < -0.3 is 15.4 Å². The first-order chi connectivity index (χ1) is 12.1. The van der Waals surface area contributed by atoms with E-state index in [1.807, 2.05) is 18.2 Å². The Bertz CT molecular complexity index is 746. The quantitative estimate of drug-likeness (QED) is 0.838. The second-order valence-corrected chi connectivity index (χ2v) is 6.58. The van der Waals surface area contributed by atoms with Gasteiger partial charge in [0.25, 0.3) is 5.91 Å². The van der Waals surface area contributed by atoms with Crippen LogP contribution < -0.4 is 10.5 Å². The standard InChI is InChI=1S/C19H20ClFN2O2.ClH/c20-17-8-15(21)6-7-18(17)25-12-19(24)23-10-14(9-22)16(11-23)13-4-2-1-3-5-13;/h1-8,14,16H,9-12,22H2;1H/t14-,16+;/m1./s1. The maximum Gasteiger partial charge on any atom is 0.260 e. The van der Waals surface area contributed by atoms with Crippen molar-refractivity contribution in [3.63, 3.8) is 0 Å². The van der Waals surface area contributed by atoms with Crippen LogP contribution in [0, 0.1) is 11.7 Å². The summed E-state index contributed by atoms with van der Waals surface area (Å²) in [5.74, 6) is 0.174. The van der Waals surface area contributed by atoms with E-state index in [1.165, 1.54) is 17.7 Å². The molecule has 2 N–H and O–H groups in total. The molecule has 3 rings (SSSR count). The van der Waals surface area contributed by atoms with Crippen molar-refractivity contribution in [2.24, 2.45) is 11.7 Å². The Morgan fingerprint density at radius 2 is 1.96 bits per heavy atom. The number of amides is 1. The molecule has 1 saturated heterocycles. The van der Waals surface area contributed by atoms with Crippen molar-refractivity contribution in [2.45, 2.75) is 5.92 Å². The lowest BCUT2D eigenvalue weighted by Crippen LogP contribution is -2.33.